The lowest BCUT2D eigenvalue weighted by Gasteiger charge is -2.50. The van der Waals surface area contributed by atoms with Gasteiger partial charge in [0.1, 0.15) is 5.78 Å². The van der Waals surface area contributed by atoms with Crippen LogP contribution in [0.5, 0.6) is 0 Å². The average molecular weight is 421 g/mol. The molecule has 3 fully saturated rings. The van der Waals surface area contributed by atoms with E-state index in [1.54, 1.807) is 6.08 Å². The Morgan fingerprint density at radius 1 is 0.967 bits per heavy atom. The van der Waals surface area contributed by atoms with Crippen LogP contribution in [0.25, 0.3) is 0 Å². The highest BCUT2D eigenvalue weighted by Crippen LogP contribution is 2.40. The Labute approximate surface area is 182 Å². The summed E-state index contributed by atoms with van der Waals surface area (Å²) in [5, 5.41) is 10.0. The fourth-order valence-electron chi connectivity index (χ4n) is 3.54. The number of carbonyl (C=O) groups excluding carboxylic acids is 1. The van der Waals surface area contributed by atoms with E-state index in [0.29, 0.717) is 39.1 Å². The minimum Gasteiger partial charge on any atom is -0.389 e. The van der Waals surface area contributed by atoms with Gasteiger partial charge in [0.2, 0.25) is 0 Å². The molecule has 0 aliphatic carbocycles. The molecule has 3 rings (SSSR count). The van der Waals surface area contributed by atoms with Crippen LogP contribution in [0.3, 0.4) is 0 Å². The average Bonchev–Trinajstić information content (AvgIpc) is 2.73. The predicted octanol–water partition coefficient (Wildman–Crippen LogP) is 5.24. The summed E-state index contributed by atoms with van der Waals surface area (Å²) in [5.41, 5.74) is -0.0475. The number of fused-ring (bicyclic) bond motifs is 3. The molecule has 3 heterocycles. The highest BCUT2D eigenvalue weighted by atomic mass is 16.9. The molecule has 1 atom stereocenters. The van der Waals surface area contributed by atoms with Gasteiger partial charge in [-0.1, -0.05) is 63.1 Å². The van der Waals surface area contributed by atoms with E-state index < -0.39 is 12.1 Å². The molecule has 3 aliphatic heterocycles. The molecule has 0 saturated carbocycles. The van der Waals surface area contributed by atoms with Crippen molar-refractivity contribution in [2.45, 2.75) is 90.1 Å². The molecule has 0 spiro atoms. The summed E-state index contributed by atoms with van der Waals surface area (Å²) in [4.78, 5) is 12.1. The van der Waals surface area contributed by atoms with Gasteiger partial charge in [-0.2, -0.15) is 0 Å². The maximum Gasteiger partial charge on any atom is 0.282 e. The molecule has 30 heavy (non-hydrogen) atoms. The summed E-state index contributed by atoms with van der Waals surface area (Å²) in [6, 6.07) is 0. The van der Waals surface area contributed by atoms with E-state index in [9.17, 15) is 9.90 Å². The van der Waals surface area contributed by atoms with Crippen molar-refractivity contribution in [1.29, 1.82) is 0 Å². The maximum atomic E-state index is 12.1. The lowest BCUT2D eigenvalue weighted by molar-refractivity contribution is -0.467. The van der Waals surface area contributed by atoms with E-state index in [2.05, 4.69) is 38.2 Å². The second-order valence-corrected chi connectivity index (χ2v) is 8.86. The van der Waals surface area contributed by atoms with Gasteiger partial charge in [-0.15, -0.1) is 0 Å². The lowest BCUT2D eigenvalue weighted by Crippen LogP contribution is -2.58. The first kappa shape index (κ1) is 25.0. The van der Waals surface area contributed by atoms with Gasteiger partial charge in [-0.05, 0) is 32.1 Å². The number of unbranched alkanes of at least 4 members (excludes halogenated alkanes) is 3. The van der Waals surface area contributed by atoms with Crippen LogP contribution in [0.1, 0.15) is 78.1 Å². The van der Waals surface area contributed by atoms with Crippen molar-refractivity contribution in [1.82, 2.24) is 0 Å². The Morgan fingerprint density at radius 3 is 2.27 bits per heavy atom. The fraction of sp³-hybridized carbons (Fsp3) is 0.720. The van der Waals surface area contributed by atoms with Gasteiger partial charge in [-0.3, -0.25) is 4.79 Å². The van der Waals surface area contributed by atoms with Gasteiger partial charge in [0.15, 0.2) is 0 Å². The lowest BCUT2D eigenvalue weighted by atomic mass is 9.91. The van der Waals surface area contributed by atoms with Crippen molar-refractivity contribution < 1.29 is 24.1 Å². The Balaban J connectivity index is 1.51. The number of hydrogen-bond acceptors (Lipinski definition) is 5. The minimum absolute atomic E-state index is 0.0451. The number of hydrogen-bond donors (Lipinski definition) is 1. The van der Waals surface area contributed by atoms with Gasteiger partial charge in [0, 0.05) is 24.7 Å². The zero-order valence-electron chi connectivity index (χ0n) is 18.8. The molecule has 170 valence electrons. The third-order valence-electron chi connectivity index (χ3n) is 5.51. The Bertz CT molecular complexity index is 568. The van der Waals surface area contributed by atoms with Crippen LogP contribution in [0.15, 0.2) is 36.5 Å². The van der Waals surface area contributed by atoms with Crippen molar-refractivity contribution in [3.63, 3.8) is 0 Å². The van der Waals surface area contributed by atoms with Gasteiger partial charge in [-0.25, -0.2) is 0 Å². The first-order valence-electron chi connectivity index (χ1n) is 11.6. The SMILES string of the molecule is CCCCC/C=C\C/C=C\C/C=C\C(O)CC(=O)CCCC12OCC(C)(CO1)CO2. The number of aliphatic hydroxyl groups excluding tert-OH is 1. The normalized spacial score (nSPS) is 27.6. The Hall–Kier alpha value is -1.27. The van der Waals surface area contributed by atoms with Crippen LogP contribution >= 0.6 is 0 Å². The molecule has 2 bridgehead atoms. The number of ether oxygens (including phenoxy) is 3. The number of ketones is 1. The van der Waals surface area contributed by atoms with Gasteiger partial charge < -0.3 is 19.3 Å². The van der Waals surface area contributed by atoms with Gasteiger partial charge >= 0.3 is 0 Å². The molecule has 1 N–H and O–H groups in total. The molecular formula is C25H40O5. The van der Waals surface area contributed by atoms with Crippen molar-refractivity contribution in [2.24, 2.45) is 5.41 Å². The van der Waals surface area contributed by atoms with Crippen LogP contribution < -0.4 is 0 Å². The topological polar surface area (TPSA) is 65.0 Å². The highest BCUT2D eigenvalue weighted by Gasteiger charge is 2.49. The zero-order chi connectivity index (χ0) is 21.7. The number of allylic oxidation sites excluding steroid dienone is 5. The highest BCUT2D eigenvalue weighted by molar-refractivity contribution is 5.79. The summed E-state index contributed by atoms with van der Waals surface area (Å²) in [7, 11) is 0. The number of aliphatic hydroxyl groups is 1. The summed E-state index contributed by atoms with van der Waals surface area (Å²) < 4.78 is 17.2. The molecule has 3 saturated heterocycles. The monoisotopic (exact) mass is 420 g/mol. The first-order chi connectivity index (χ1) is 14.5. The van der Waals surface area contributed by atoms with Crippen LogP contribution in [0.2, 0.25) is 0 Å². The van der Waals surface area contributed by atoms with Gasteiger partial charge in [0.05, 0.1) is 25.9 Å². The second-order valence-electron chi connectivity index (χ2n) is 8.86. The summed E-state index contributed by atoms with van der Waals surface area (Å²) in [6.07, 6.45) is 20.0. The second kappa shape index (κ2) is 13.2. The Morgan fingerprint density at radius 2 is 1.60 bits per heavy atom. The molecule has 0 radical (unpaired) electrons. The molecule has 5 heteroatoms. The molecule has 0 amide bonds. The largest absolute Gasteiger partial charge is 0.389 e. The third-order valence-corrected chi connectivity index (χ3v) is 5.51. The molecule has 5 nitrogen and oxygen atoms in total. The van der Waals surface area contributed by atoms with Crippen molar-refractivity contribution in [3.8, 4) is 0 Å². The van der Waals surface area contributed by atoms with E-state index in [1.807, 2.05) is 6.08 Å². The van der Waals surface area contributed by atoms with Gasteiger partial charge in [0.25, 0.3) is 5.97 Å². The standard InChI is InChI=1S/C25H40O5/c1-3-4-5-6-7-8-9-10-11-12-13-15-22(26)18-23(27)16-14-17-25-28-19-24(2,20-29-25)21-30-25/h7-8,10-11,13,15,22,26H,3-6,9,12,14,16-21H2,1-2H3/b8-7-,11-10-,15-13-. The smallest absolute Gasteiger partial charge is 0.282 e. The van der Waals surface area contributed by atoms with Crippen LogP contribution in [-0.4, -0.2) is 42.8 Å². The molecule has 3 aliphatic rings. The minimum atomic E-state index is -0.965. The number of Topliss-reactive ketones (excluding diaryl/α,β-unsaturated/α-hetero) is 1. The Kier molecular flexibility index (Phi) is 11.0. The van der Waals surface area contributed by atoms with E-state index in [-0.39, 0.29) is 17.6 Å². The third kappa shape index (κ3) is 9.25. The molecule has 1 unspecified atom stereocenters. The van der Waals surface area contributed by atoms with E-state index >= 15 is 0 Å². The molecule has 0 aromatic carbocycles. The zero-order valence-corrected chi connectivity index (χ0v) is 18.8. The van der Waals surface area contributed by atoms with E-state index in [0.717, 1.165) is 19.3 Å². The molecule has 0 aromatic heterocycles. The summed E-state index contributed by atoms with van der Waals surface area (Å²) in [6.45, 7) is 6.20. The van der Waals surface area contributed by atoms with Crippen molar-refractivity contribution in [2.75, 3.05) is 19.8 Å². The van der Waals surface area contributed by atoms with Crippen LogP contribution in [-0.2, 0) is 19.0 Å². The number of rotatable bonds is 15. The quantitative estimate of drug-likeness (QED) is 0.290. The van der Waals surface area contributed by atoms with Crippen molar-refractivity contribution in [3.05, 3.63) is 36.5 Å². The molecule has 0 aromatic rings. The van der Waals surface area contributed by atoms with Crippen LogP contribution in [0, 0.1) is 5.41 Å². The summed E-state index contributed by atoms with van der Waals surface area (Å²) >= 11 is 0. The summed E-state index contributed by atoms with van der Waals surface area (Å²) in [5.74, 6) is -0.920. The van der Waals surface area contributed by atoms with E-state index in [4.69, 9.17) is 14.2 Å². The van der Waals surface area contributed by atoms with E-state index in [1.165, 1.54) is 19.3 Å². The maximum absolute atomic E-state index is 12.1. The number of carbonyl (C=O) groups is 1. The fourth-order valence-corrected chi connectivity index (χ4v) is 3.54. The molecular weight excluding hydrogens is 380 g/mol. The first-order valence-corrected chi connectivity index (χ1v) is 11.6. The predicted molar refractivity (Wildman–Crippen MR) is 119 cm³/mol. The van der Waals surface area contributed by atoms with Crippen molar-refractivity contribution >= 4 is 5.78 Å². The van der Waals surface area contributed by atoms with Crippen LogP contribution in [0.4, 0.5) is 0 Å².